The fourth-order valence-electron chi connectivity index (χ4n) is 0.864. The van der Waals surface area contributed by atoms with E-state index in [-0.39, 0.29) is 5.57 Å². The number of nitrogens with one attached hydrogen (secondary N) is 2. The summed E-state index contributed by atoms with van der Waals surface area (Å²) in [7, 11) is 0. The van der Waals surface area contributed by atoms with Crippen LogP contribution in [0.25, 0.3) is 0 Å². The molecule has 6 nitrogen and oxygen atoms in total. The van der Waals surface area contributed by atoms with Gasteiger partial charge in [0.1, 0.15) is 6.04 Å². The van der Waals surface area contributed by atoms with E-state index in [9.17, 15) is 9.59 Å². The number of carbonyl (C=O) groups is 2. The SMILES string of the molecule is NC(=O)C1=CC(C(N)=O)NNC=C1. The standard InChI is InChI=1S/C7H10N4O2/c8-6(12)4-1-2-10-11-5(3-4)7(9)13/h1-3,5,10-11H,(H2,8,12)(H2,9,13). The largest absolute Gasteiger partial charge is 0.368 e. The lowest BCUT2D eigenvalue weighted by Gasteiger charge is -2.08. The molecule has 1 heterocycles. The van der Waals surface area contributed by atoms with Crippen molar-refractivity contribution in [2.75, 3.05) is 0 Å². The predicted octanol–water partition coefficient (Wildman–Crippen LogP) is -2.13. The maximum absolute atomic E-state index is 10.8. The van der Waals surface area contributed by atoms with Crippen LogP contribution in [0, 0.1) is 0 Å². The van der Waals surface area contributed by atoms with Gasteiger partial charge in [0.05, 0.1) is 0 Å². The van der Waals surface area contributed by atoms with Crippen LogP contribution in [0.5, 0.6) is 0 Å². The summed E-state index contributed by atoms with van der Waals surface area (Å²) in [4.78, 5) is 21.5. The summed E-state index contributed by atoms with van der Waals surface area (Å²) in [6, 6.07) is -0.738. The van der Waals surface area contributed by atoms with Crippen molar-refractivity contribution in [3.8, 4) is 0 Å². The van der Waals surface area contributed by atoms with Gasteiger partial charge in [-0.15, -0.1) is 0 Å². The summed E-state index contributed by atoms with van der Waals surface area (Å²) in [5.41, 5.74) is 15.4. The first kappa shape index (κ1) is 9.27. The Bertz CT molecular complexity index is 295. The summed E-state index contributed by atoms with van der Waals surface area (Å²) in [5.74, 6) is -1.19. The predicted molar refractivity (Wildman–Crippen MR) is 45.7 cm³/mol. The van der Waals surface area contributed by atoms with Crippen LogP contribution in [0.2, 0.25) is 0 Å². The number of hydrogen-bond donors (Lipinski definition) is 4. The number of carbonyl (C=O) groups excluding carboxylic acids is 2. The molecule has 1 atom stereocenters. The lowest BCUT2D eigenvalue weighted by atomic mass is 10.1. The lowest BCUT2D eigenvalue weighted by molar-refractivity contribution is -0.119. The number of amides is 2. The molecule has 0 saturated carbocycles. The van der Waals surface area contributed by atoms with E-state index < -0.39 is 17.9 Å². The molecular weight excluding hydrogens is 172 g/mol. The van der Waals surface area contributed by atoms with Crippen LogP contribution >= 0.6 is 0 Å². The number of nitrogens with two attached hydrogens (primary N) is 2. The van der Waals surface area contributed by atoms with Gasteiger partial charge in [0.15, 0.2) is 0 Å². The van der Waals surface area contributed by atoms with Crippen molar-refractivity contribution in [1.29, 1.82) is 0 Å². The molecular formula is C7H10N4O2. The van der Waals surface area contributed by atoms with Crippen LogP contribution in [0.4, 0.5) is 0 Å². The Kier molecular flexibility index (Phi) is 2.65. The molecule has 1 aliphatic heterocycles. The van der Waals surface area contributed by atoms with E-state index in [0.29, 0.717) is 0 Å². The molecule has 1 rings (SSSR count). The highest BCUT2D eigenvalue weighted by Gasteiger charge is 2.15. The molecule has 0 fully saturated rings. The zero-order chi connectivity index (χ0) is 9.84. The third kappa shape index (κ3) is 2.31. The molecule has 0 aliphatic carbocycles. The van der Waals surface area contributed by atoms with Crippen molar-refractivity contribution < 1.29 is 9.59 Å². The summed E-state index contributed by atoms with van der Waals surface area (Å²) in [6.07, 6.45) is 4.28. The van der Waals surface area contributed by atoms with Gasteiger partial charge in [-0.1, -0.05) is 0 Å². The molecule has 0 bridgehead atoms. The van der Waals surface area contributed by atoms with Gasteiger partial charge in [-0.2, -0.15) is 0 Å². The van der Waals surface area contributed by atoms with Gasteiger partial charge in [0.25, 0.3) is 0 Å². The molecule has 0 saturated heterocycles. The summed E-state index contributed by atoms with van der Waals surface area (Å²) < 4.78 is 0. The van der Waals surface area contributed by atoms with Gasteiger partial charge in [-0.3, -0.25) is 9.59 Å². The van der Waals surface area contributed by atoms with Gasteiger partial charge in [0.2, 0.25) is 11.8 Å². The minimum atomic E-state index is -0.738. The number of hydrazine groups is 1. The minimum absolute atomic E-state index is 0.237. The van der Waals surface area contributed by atoms with Crippen molar-refractivity contribution in [1.82, 2.24) is 10.9 Å². The van der Waals surface area contributed by atoms with Gasteiger partial charge >= 0.3 is 0 Å². The maximum atomic E-state index is 10.8. The molecule has 2 amide bonds. The topological polar surface area (TPSA) is 110 Å². The first-order valence-corrected chi connectivity index (χ1v) is 3.60. The van der Waals surface area contributed by atoms with Crippen molar-refractivity contribution in [3.63, 3.8) is 0 Å². The Hall–Kier alpha value is -1.82. The van der Waals surface area contributed by atoms with Crippen LogP contribution in [0.1, 0.15) is 0 Å². The van der Waals surface area contributed by atoms with Crippen LogP contribution in [-0.4, -0.2) is 17.9 Å². The Morgan fingerprint density at radius 2 is 2.08 bits per heavy atom. The van der Waals surface area contributed by atoms with Crippen LogP contribution in [-0.2, 0) is 9.59 Å². The zero-order valence-corrected chi connectivity index (χ0v) is 6.78. The molecule has 6 N–H and O–H groups in total. The van der Waals surface area contributed by atoms with E-state index in [4.69, 9.17) is 11.5 Å². The molecule has 1 aliphatic rings. The third-order valence-electron chi connectivity index (χ3n) is 1.52. The van der Waals surface area contributed by atoms with Gasteiger partial charge < -0.3 is 16.9 Å². The number of hydrogen-bond acceptors (Lipinski definition) is 4. The second kappa shape index (κ2) is 3.72. The molecule has 6 heteroatoms. The second-order valence-electron chi connectivity index (χ2n) is 2.49. The quantitative estimate of drug-likeness (QED) is 0.391. The second-order valence-corrected chi connectivity index (χ2v) is 2.49. The first-order valence-electron chi connectivity index (χ1n) is 3.60. The van der Waals surface area contributed by atoms with E-state index >= 15 is 0 Å². The Balaban J connectivity index is 2.89. The normalized spacial score (nSPS) is 21.2. The third-order valence-corrected chi connectivity index (χ3v) is 1.52. The molecule has 1 unspecified atom stereocenters. The molecule has 70 valence electrons. The maximum Gasteiger partial charge on any atom is 0.248 e. The van der Waals surface area contributed by atoms with E-state index in [0.717, 1.165) is 0 Å². The Labute approximate surface area is 74.6 Å². The summed E-state index contributed by atoms with van der Waals surface area (Å²) in [6.45, 7) is 0. The Morgan fingerprint density at radius 3 is 2.62 bits per heavy atom. The minimum Gasteiger partial charge on any atom is -0.368 e. The summed E-state index contributed by atoms with van der Waals surface area (Å²) >= 11 is 0. The van der Waals surface area contributed by atoms with E-state index in [2.05, 4.69) is 10.9 Å². The smallest absolute Gasteiger partial charge is 0.248 e. The van der Waals surface area contributed by atoms with Gasteiger partial charge in [0, 0.05) is 11.8 Å². The average molecular weight is 182 g/mol. The van der Waals surface area contributed by atoms with Crippen LogP contribution in [0.3, 0.4) is 0 Å². The molecule has 13 heavy (non-hydrogen) atoms. The zero-order valence-electron chi connectivity index (χ0n) is 6.78. The molecule has 0 radical (unpaired) electrons. The van der Waals surface area contributed by atoms with Gasteiger partial charge in [-0.25, -0.2) is 5.43 Å². The Morgan fingerprint density at radius 1 is 1.38 bits per heavy atom. The highest BCUT2D eigenvalue weighted by molar-refractivity contribution is 5.96. The van der Waals surface area contributed by atoms with Crippen molar-refractivity contribution >= 4 is 11.8 Å². The van der Waals surface area contributed by atoms with Crippen LogP contribution < -0.4 is 22.3 Å². The van der Waals surface area contributed by atoms with Gasteiger partial charge in [-0.05, 0) is 12.2 Å². The van der Waals surface area contributed by atoms with Crippen molar-refractivity contribution in [2.45, 2.75) is 6.04 Å². The average Bonchev–Trinajstić information content (AvgIpc) is 2.28. The molecule has 0 aromatic heterocycles. The highest BCUT2D eigenvalue weighted by atomic mass is 16.2. The van der Waals surface area contributed by atoms with E-state index in [1.54, 1.807) is 0 Å². The monoisotopic (exact) mass is 182 g/mol. The van der Waals surface area contributed by atoms with E-state index in [1.807, 2.05) is 0 Å². The highest BCUT2D eigenvalue weighted by Crippen LogP contribution is 2.00. The summed E-state index contributed by atoms with van der Waals surface area (Å²) in [5, 5.41) is 0. The fraction of sp³-hybridized carbons (Fsp3) is 0.143. The first-order chi connectivity index (χ1) is 6.11. The van der Waals surface area contributed by atoms with E-state index in [1.165, 1.54) is 18.4 Å². The molecule has 0 spiro atoms. The lowest BCUT2D eigenvalue weighted by Crippen LogP contribution is -2.44. The number of primary amides is 2. The van der Waals surface area contributed by atoms with Crippen molar-refractivity contribution in [3.05, 3.63) is 23.9 Å². The molecule has 0 aromatic rings. The van der Waals surface area contributed by atoms with Crippen LogP contribution in [0.15, 0.2) is 23.9 Å². The fourth-order valence-corrected chi connectivity index (χ4v) is 0.864. The molecule has 0 aromatic carbocycles. The van der Waals surface area contributed by atoms with Crippen molar-refractivity contribution in [2.24, 2.45) is 11.5 Å². The number of rotatable bonds is 2.